The monoisotopic (exact) mass is 606 g/mol. The summed E-state index contributed by atoms with van der Waals surface area (Å²) in [6.07, 6.45) is 8.29. The number of aryl methyl sites for hydroxylation is 2. The largest absolute Gasteiger partial charge is 0.493 e. The predicted molar refractivity (Wildman–Crippen MR) is 159 cm³/mol. The van der Waals surface area contributed by atoms with Gasteiger partial charge in [-0.05, 0) is 107 Å². The van der Waals surface area contributed by atoms with Gasteiger partial charge in [-0.1, -0.05) is 34.1 Å². The van der Waals surface area contributed by atoms with Crippen LogP contribution in [0.5, 0.6) is 5.75 Å². The Morgan fingerprint density at radius 2 is 1.95 bits per heavy atom. The minimum Gasteiger partial charge on any atom is -0.493 e. The van der Waals surface area contributed by atoms with E-state index in [1.165, 1.54) is 49.9 Å². The number of carbonyl (C=O) groups excluding carboxylic acids is 2. The second kappa shape index (κ2) is 11.3. The van der Waals surface area contributed by atoms with E-state index >= 15 is 0 Å². The number of halogens is 1. The van der Waals surface area contributed by atoms with Crippen molar-refractivity contribution >= 4 is 38.6 Å². The van der Waals surface area contributed by atoms with Crippen molar-refractivity contribution in [3.8, 4) is 5.75 Å². The van der Waals surface area contributed by atoms with Crippen molar-refractivity contribution in [1.82, 2.24) is 20.0 Å². The Balaban J connectivity index is 0.953. The van der Waals surface area contributed by atoms with E-state index in [0.717, 1.165) is 52.8 Å². The number of fused-ring (bicyclic) bond motifs is 1. The van der Waals surface area contributed by atoms with Crippen LogP contribution in [-0.2, 0) is 23.1 Å². The summed E-state index contributed by atoms with van der Waals surface area (Å²) in [5, 5.41) is 8.15. The van der Waals surface area contributed by atoms with Crippen molar-refractivity contribution in [2.24, 2.45) is 18.4 Å². The maximum absolute atomic E-state index is 12.4. The molecule has 3 fully saturated rings. The number of hydrogen-bond donors (Lipinski definition) is 1. The van der Waals surface area contributed by atoms with Crippen LogP contribution in [0.15, 0.2) is 40.9 Å². The highest BCUT2D eigenvalue weighted by atomic mass is 79.9. The minimum atomic E-state index is -0.358. The van der Waals surface area contributed by atoms with Gasteiger partial charge < -0.3 is 9.64 Å². The third kappa shape index (κ3) is 5.57. The van der Waals surface area contributed by atoms with E-state index in [9.17, 15) is 9.59 Å². The van der Waals surface area contributed by atoms with Crippen molar-refractivity contribution in [2.45, 2.75) is 64.2 Å². The van der Waals surface area contributed by atoms with Crippen LogP contribution < -0.4 is 10.1 Å². The Bertz CT molecular complexity index is 1420. The molecule has 8 heteroatoms. The molecule has 1 unspecified atom stereocenters. The lowest BCUT2D eigenvalue weighted by Crippen LogP contribution is -2.48. The van der Waals surface area contributed by atoms with Gasteiger partial charge in [0.25, 0.3) is 0 Å². The number of hydrogen-bond acceptors (Lipinski definition) is 5. The van der Waals surface area contributed by atoms with E-state index in [-0.39, 0.29) is 17.7 Å². The molecule has 2 aromatic carbocycles. The van der Waals surface area contributed by atoms with Crippen molar-refractivity contribution in [3.05, 3.63) is 57.7 Å². The number of nitrogens with one attached hydrogen (secondary N) is 1. The molecular formula is C32H39BrN4O3. The Morgan fingerprint density at radius 1 is 1.15 bits per heavy atom. The molecular weight excluding hydrogens is 568 g/mol. The number of nitrogens with zero attached hydrogens (tertiary/aromatic N) is 3. The van der Waals surface area contributed by atoms with Gasteiger partial charge in [0, 0.05) is 28.9 Å². The number of carbonyl (C=O) groups is 2. The molecule has 1 N–H and O–H groups in total. The standard InChI is InChI=1S/C32H39BrN4O3/c1-21-26(33)6-3-7-28(21)40-20-23-18-32(19-23)12-15-37(16-13-32)14-4-5-22-8-9-24-27(17-22)36(2)35-30(24)25-10-11-29(38)34-31(25)39/h3,6-9,17,23,25H,4-5,10-16,18-20H2,1-2H3,(H,34,38,39). The highest BCUT2D eigenvalue weighted by Crippen LogP contribution is 2.52. The average Bonchev–Trinajstić information content (AvgIpc) is 3.24. The molecule has 40 heavy (non-hydrogen) atoms. The molecule has 2 saturated heterocycles. The number of likely N-dealkylation sites (tertiary alicyclic amines) is 1. The third-order valence-electron chi connectivity index (χ3n) is 9.51. The van der Waals surface area contributed by atoms with Gasteiger partial charge in [-0.15, -0.1) is 0 Å². The van der Waals surface area contributed by atoms with E-state index in [1.54, 1.807) is 0 Å². The fourth-order valence-electron chi connectivity index (χ4n) is 7.10. The van der Waals surface area contributed by atoms with Crippen LogP contribution in [0.1, 0.15) is 67.7 Å². The number of ether oxygens (including phenoxy) is 1. The molecule has 1 saturated carbocycles. The smallest absolute Gasteiger partial charge is 0.235 e. The second-order valence-corrected chi connectivity index (χ2v) is 13.1. The lowest BCUT2D eigenvalue weighted by molar-refractivity contribution is -0.134. The Kier molecular flexibility index (Phi) is 7.75. The fourth-order valence-corrected chi connectivity index (χ4v) is 7.45. The molecule has 0 radical (unpaired) electrons. The lowest BCUT2D eigenvalue weighted by atomic mass is 9.58. The van der Waals surface area contributed by atoms with Gasteiger partial charge in [-0.2, -0.15) is 5.10 Å². The molecule has 3 aromatic rings. The quantitative estimate of drug-likeness (QED) is 0.334. The first-order valence-electron chi connectivity index (χ1n) is 14.7. The molecule has 1 aliphatic carbocycles. The molecule has 1 atom stereocenters. The zero-order valence-corrected chi connectivity index (χ0v) is 25.1. The Labute approximate surface area is 244 Å². The zero-order chi connectivity index (χ0) is 27.9. The predicted octanol–water partition coefficient (Wildman–Crippen LogP) is 5.67. The number of benzene rings is 2. The Morgan fingerprint density at radius 3 is 2.73 bits per heavy atom. The minimum absolute atomic E-state index is 0.193. The maximum atomic E-state index is 12.4. The van der Waals surface area contributed by atoms with Crippen molar-refractivity contribution in [2.75, 3.05) is 26.2 Å². The summed E-state index contributed by atoms with van der Waals surface area (Å²) < 4.78 is 9.15. The normalized spacial score (nSPS) is 21.5. The van der Waals surface area contributed by atoms with Gasteiger partial charge >= 0.3 is 0 Å². The molecule has 212 valence electrons. The second-order valence-electron chi connectivity index (χ2n) is 12.3. The maximum Gasteiger partial charge on any atom is 0.235 e. The summed E-state index contributed by atoms with van der Waals surface area (Å²) in [5.41, 5.74) is 4.87. The highest BCUT2D eigenvalue weighted by molar-refractivity contribution is 9.10. The zero-order valence-electron chi connectivity index (χ0n) is 23.5. The molecule has 6 rings (SSSR count). The van der Waals surface area contributed by atoms with Gasteiger partial charge in [-0.25, -0.2) is 0 Å². The molecule has 1 spiro atoms. The summed E-state index contributed by atoms with van der Waals surface area (Å²) >= 11 is 3.60. The van der Waals surface area contributed by atoms with Crippen LogP contribution in [0.3, 0.4) is 0 Å². The van der Waals surface area contributed by atoms with Gasteiger partial charge in [0.15, 0.2) is 0 Å². The molecule has 1 aromatic heterocycles. The number of aromatic nitrogens is 2. The molecule has 7 nitrogen and oxygen atoms in total. The number of amides is 2. The van der Waals surface area contributed by atoms with Gasteiger partial charge in [0.05, 0.1) is 23.7 Å². The molecule has 2 amide bonds. The van der Waals surface area contributed by atoms with Crippen LogP contribution in [-0.4, -0.2) is 52.7 Å². The van der Waals surface area contributed by atoms with E-state index in [2.05, 4.69) is 68.5 Å². The number of rotatable bonds is 8. The summed E-state index contributed by atoms with van der Waals surface area (Å²) in [5.74, 6) is 0.903. The molecule has 3 aliphatic rings. The number of piperidine rings is 2. The fraction of sp³-hybridized carbons (Fsp3) is 0.531. The van der Waals surface area contributed by atoms with E-state index in [1.807, 2.05) is 17.8 Å². The topological polar surface area (TPSA) is 76.5 Å². The van der Waals surface area contributed by atoms with Crippen LogP contribution >= 0.6 is 15.9 Å². The van der Waals surface area contributed by atoms with Gasteiger partial charge in [0.2, 0.25) is 11.8 Å². The van der Waals surface area contributed by atoms with Crippen LogP contribution in [0.25, 0.3) is 10.9 Å². The summed E-state index contributed by atoms with van der Waals surface area (Å²) in [7, 11) is 1.93. The van der Waals surface area contributed by atoms with Crippen molar-refractivity contribution in [1.29, 1.82) is 0 Å². The van der Waals surface area contributed by atoms with Crippen molar-refractivity contribution < 1.29 is 14.3 Å². The van der Waals surface area contributed by atoms with Crippen LogP contribution in [0.2, 0.25) is 0 Å². The molecule has 2 aliphatic heterocycles. The number of imide groups is 1. The van der Waals surface area contributed by atoms with Crippen molar-refractivity contribution in [3.63, 3.8) is 0 Å². The van der Waals surface area contributed by atoms with E-state index in [0.29, 0.717) is 24.2 Å². The molecule has 0 bridgehead atoms. The summed E-state index contributed by atoms with van der Waals surface area (Å²) in [6.45, 7) is 6.48. The Hall–Kier alpha value is -2.71. The van der Waals surface area contributed by atoms with E-state index in [4.69, 9.17) is 4.74 Å². The first-order valence-corrected chi connectivity index (χ1v) is 15.5. The SMILES string of the molecule is Cc1c(Br)cccc1OCC1CC2(CCN(CCCc3ccc4c(C5CCC(=O)NC5=O)nn(C)c4c3)CC2)C1. The first kappa shape index (κ1) is 27.5. The van der Waals surface area contributed by atoms with Gasteiger partial charge in [-0.3, -0.25) is 19.6 Å². The van der Waals surface area contributed by atoms with Crippen LogP contribution in [0.4, 0.5) is 0 Å². The highest BCUT2D eigenvalue weighted by Gasteiger charge is 2.45. The lowest BCUT2D eigenvalue weighted by Gasteiger charge is -2.52. The first-order chi connectivity index (χ1) is 19.3. The van der Waals surface area contributed by atoms with Gasteiger partial charge in [0.1, 0.15) is 5.75 Å². The summed E-state index contributed by atoms with van der Waals surface area (Å²) in [6, 6.07) is 12.7. The van der Waals surface area contributed by atoms with E-state index < -0.39 is 0 Å². The third-order valence-corrected chi connectivity index (χ3v) is 10.4. The average molecular weight is 608 g/mol. The van der Waals surface area contributed by atoms with Crippen LogP contribution in [0, 0.1) is 18.3 Å². The summed E-state index contributed by atoms with van der Waals surface area (Å²) in [4.78, 5) is 26.6. The molecule has 3 heterocycles.